The van der Waals surface area contributed by atoms with Crippen LogP contribution in [-0.2, 0) is 12.8 Å². The Kier molecular flexibility index (Phi) is 3.53. The number of nitrogens with zero attached hydrogens (tertiary/aromatic N) is 3. The Morgan fingerprint density at radius 2 is 1.89 bits per heavy atom. The number of aryl methyl sites for hydroxylation is 2. The zero-order valence-electron chi connectivity index (χ0n) is 10.1. The van der Waals surface area contributed by atoms with Gasteiger partial charge in [-0.2, -0.15) is 5.10 Å². The predicted octanol–water partition coefficient (Wildman–Crippen LogP) is 3.93. The van der Waals surface area contributed by atoms with E-state index in [1.807, 2.05) is 40.9 Å². The van der Waals surface area contributed by atoms with Gasteiger partial charge in [-0.1, -0.05) is 23.7 Å². The highest BCUT2D eigenvalue weighted by atomic mass is 79.9. The van der Waals surface area contributed by atoms with Gasteiger partial charge >= 0.3 is 0 Å². The lowest BCUT2D eigenvalue weighted by molar-refractivity contribution is 0.788. The average Bonchev–Trinajstić information content (AvgIpc) is 2.76. The molecule has 0 aliphatic heterocycles. The molecule has 0 aliphatic rings. The van der Waals surface area contributed by atoms with Crippen molar-refractivity contribution in [2.45, 2.75) is 12.8 Å². The quantitative estimate of drug-likeness (QED) is 0.725. The van der Waals surface area contributed by atoms with Crippen LogP contribution in [0.25, 0.3) is 5.52 Å². The number of benzene rings is 1. The molecule has 0 fully saturated rings. The number of halogens is 2. The minimum atomic E-state index is 0.763. The maximum Gasteiger partial charge on any atom is 0.134 e. The van der Waals surface area contributed by atoms with Gasteiger partial charge in [0.15, 0.2) is 0 Å². The zero-order chi connectivity index (χ0) is 13.2. The minimum Gasteiger partial charge on any atom is -0.224 e. The van der Waals surface area contributed by atoms with Crippen LogP contribution in [-0.4, -0.2) is 14.6 Å². The number of fused-ring (bicyclic) bond motifs is 1. The van der Waals surface area contributed by atoms with Crippen LogP contribution in [0.5, 0.6) is 0 Å². The summed E-state index contributed by atoms with van der Waals surface area (Å²) in [6, 6.07) is 11.8. The van der Waals surface area contributed by atoms with Crippen molar-refractivity contribution >= 4 is 33.0 Å². The van der Waals surface area contributed by atoms with E-state index in [-0.39, 0.29) is 0 Å². The third-order valence-corrected chi connectivity index (χ3v) is 3.82. The lowest BCUT2D eigenvalue weighted by atomic mass is 10.1. The van der Waals surface area contributed by atoms with Gasteiger partial charge < -0.3 is 0 Å². The van der Waals surface area contributed by atoms with Crippen molar-refractivity contribution in [2.75, 3.05) is 0 Å². The first-order chi connectivity index (χ1) is 9.24. The fraction of sp³-hybridized carbons (Fsp3) is 0.143. The van der Waals surface area contributed by atoms with E-state index in [1.165, 1.54) is 5.56 Å². The molecule has 0 saturated carbocycles. The molecule has 0 atom stereocenters. The summed E-state index contributed by atoms with van der Waals surface area (Å²) >= 11 is 9.34. The van der Waals surface area contributed by atoms with Crippen LogP contribution in [0.15, 0.2) is 47.2 Å². The van der Waals surface area contributed by atoms with Crippen molar-refractivity contribution in [1.82, 2.24) is 14.6 Å². The molecule has 0 spiro atoms. The van der Waals surface area contributed by atoms with Gasteiger partial charge in [0.05, 0.1) is 5.52 Å². The van der Waals surface area contributed by atoms with Gasteiger partial charge in [-0.15, -0.1) is 0 Å². The smallest absolute Gasteiger partial charge is 0.134 e. The van der Waals surface area contributed by atoms with Crippen LogP contribution in [0, 0.1) is 0 Å². The molecule has 0 aliphatic carbocycles. The van der Waals surface area contributed by atoms with E-state index < -0.39 is 0 Å². The second-order valence-corrected chi connectivity index (χ2v) is 5.45. The SMILES string of the molecule is Clc1ccc(CCc2nc(Br)c3cccnn23)cc1. The van der Waals surface area contributed by atoms with Gasteiger partial charge in [0, 0.05) is 17.6 Å². The average molecular weight is 337 g/mol. The van der Waals surface area contributed by atoms with Gasteiger partial charge in [0.1, 0.15) is 10.4 Å². The molecular formula is C14H11BrClN3. The molecule has 3 aromatic rings. The Morgan fingerprint density at radius 3 is 2.68 bits per heavy atom. The Balaban J connectivity index is 1.84. The lowest BCUT2D eigenvalue weighted by Crippen LogP contribution is -2.00. The Labute approximate surface area is 124 Å². The number of hydrogen-bond donors (Lipinski definition) is 0. The molecule has 0 amide bonds. The molecule has 0 radical (unpaired) electrons. The van der Waals surface area contributed by atoms with E-state index in [0.29, 0.717) is 0 Å². The topological polar surface area (TPSA) is 30.2 Å². The van der Waals surface area contributed by atoms with Crippen LogP contribution < -0.4 is 0 Å². The predicted molar refractivity (Wildman–Crippen MR) is 79.5 cm³/mol. The van der Waals surface area contributed by atoms with Crippen LogP contribution in [0.4, 0.5) is 0 Å². The monoisotopic (exact) mass is 335 g/mol. The number of rotatable bonds is 3. The molecule has 0 saturated heterocycles. The molecule has 2 heterocycles. The highest BCUT2D eigenvalue weighted by Gasteiger charge is 2.09. The van der Waals surface area contributed by atoms with Crippen LogP contribution in [0.3, 0.4) is 0 Å². The maximum absolute atomic E-state index is 5.88. The first-order valence-electron chi connectivity index (χ1n) is 5.96. The van der Waals surface area contributed by atoms with Gasteiger partial charge in [-0.05, 0) is 52.2 Å². The first-order valence-corrected chi connectivity index (χ1v) is 7.14. The molecule has 0 bridgehead atoms. The molecule has 0 unspecified atom stereocenters. The van der Waals surface area contributed by atoms with Crippen molar-refractivity contribution in [2.24, 2.45) is 0 Å². The van der Waals surface area contributed by atoms with Gasteiger partial charge in [0.25, 0.3) is 0 Å². The van der Waals surface area contributed by atoms with Gasteiger partial charge in [-0.25, -0.2) is 9.50 Å². The molecule has 2 aromatic heterocycles. The standard InChI is InChI=1S/C14H11BrClN3/c15-14-12-2-1-9-17-19(12)13(18-14)8-5-10-3-6-11(16)7-4-10/h1-4,6-7,9H,5,8H2. The van der Waals surface area contributed by atoms with Crippen molar-refractivity contribution < 1.29 is 0 Å². The maximum atomic E-state index is 5.88. The summed E-state index contributed by atoms with van der Waals surface area (Å²) in [5, 5.41) is 5.09. The lowest BCUT2D eigenvalue weighted by Gasteiger charge is -2.01. The fourth-order valence-electron chi connectivity index (χ4n) is 2.02. The Hall–Kier alpha value is -1.39. The molecular weight excluding hydrogens is 326 g/mol. The number of imidazole rings is 1. The molecule has 3 rings (SSSR count). The first kappa shape index (κ1) is 12.6. The van der Waals surface area contributed by atoms with Crippen molar-refractivity contribution in [1.29, 1.82) is 0 Å². The van der Waals surface area contributed by atoms with Crippen LogP contribution >= 0.6 is 27.5 Å². The summed E-state index contributed by atoms with van der Waals surface area (Å²) in [7, 11) is 0. The second-order valence-electron chi connectivity index (χ2n) is 4.27. The van der Waals surface area contributed by atoms with E-state index in [2.05, 4.69) is 26.0 Å². The van der Waals surface area contributed by atoms with E-state index in [1.54, 1.807) is 6.20 Å². The molecule has 5 heteroatoms. The summed E-state index contributed by atoms with van der Waals surface area (Å²) < 4.78 is 2.71. The molecule has 0 N–H and O–H groups in total. The fourth-order valence-corrected chi connectivity index (χ4v) is 2.65. The zero-order valence-corrected chi connectivity index (χ0v) is 12.4. The van der Waals surface area contributed by atoms with E-state index in [0.717, 1.165) is 33.8 Å². The van der Waals surface area contributed by atoms with Gasteiger partial charge in [0.2, 0.25) is 0 Å². The van der Waals surface area contributed by atoms with Crippen molar-refractivity contribution in [3.05, 3.63) is 63.6 Å². The van der Waals surface area contributed by atoms with Crippen LogP contribution in [0.1, 0.15) is 11.4 Å². The summed E-state index contributed by atoms with van der Waals surface area (Å²) in [6.45, 7) is 0. The Morgan fingerprint density at radius 1 is 1.11 bits per heavy atom. The molecule has 3 nitrogen and oxygen atoms in total. The summed E-state index contributed by atoms with van der Waals surface area (Å²) in [5.41, 5.74) is 2.24. The van der Waals surface area contributed by atoms with Gasteiger partial charge in [-0.3, -0.25) is 0 Å². The van der Waals surface area contributed by atoms with E-state index in [9.17, 15) is 0 Å². The van der Waals surface area contributed by atoms with E-state index >= 15 is 0 Å². The number of hydrogen-bond acceptors (Lipinski definition) is 2. The van der Waals surface area contributed by atoms with Crippen molar-refractivity contribution in [3.8, 4) is 0 Å². The molecule has 19 heavy (non-hydrogen) atoms. The summed E-state index contributed by atoms with van der Waals surface area (Å²) in [5.74, 6) is 0.956. The van der Waals surface area contributed by atoms with Crippen molar-refractivity contribution in [3.63, 3.8) is 0 Å². The third-order valence-electron chi connectivity index (χ3n) is 2.98. The highest BCUT2D eigenvalue weighted by Crippen LogP contribution is 2.19. The summed E-state index contributed by atoms with van der Waals surface area (Å²) in [6.07, 6.45) is 3.53. The number of aromatic nitrogens is 3. The normalized spacial score (nSPS) is 11.1. The highest BCUT2D eigenvalue weighted by molar-refractivity contribution is 9.10. The second kappa shape index (κ2) is 5.31. The summed E-state index contributed by atoms with van der Waals surface area (Å²) in [4.78, 5) is 4.51. The minimum absolute atomic E-state index is 0.763. The van der Waals surface area contributed by atoms with Crippen LogP contribution in [0.2, 0.25) is 5.02 Å². The Bertz CT molecular complexity index is 706. The largest absolute Gasteiger partial charge is 0.224 e. The third kappa shape index (κ3) is 2.65. The molecule has 96 valence electrons. The van der Waals surface area contributed by atoms with E-state index in [4.69, 9.17) is 11.6 Å². The molecule has 1 aromatic carbocycles.